The van der Waals surface area contributed by atoms with E-state index in [0.717, 1.165) is 11.3 Å². The molecule has 1 aliphatic heterocycles. The molecule has 142 valence electrons. The van der Waals surface area contributed by atoms with Crippen molar-refractivity contribution in [3.05, 3.63) is 41.3 Å². The summed E-state index contributed by atoms with van der Waals surface area (Å²) in [6.07, 6.45) is 0. The number of ether oxygens (including phenoxy) is 1. The van der Waals surface area contributed by atoms with Gasteiger partial charge in [-0.3, -0.25) is 14.4 Å². The van der Waals surface area contributed by atoms with E-state index in [1.807, 2.05) is 0 Å². The largest absolute Gasteiger partial charge is 0.465 e. The Morgan fingerprint density at radius 2 is 1.96 bits per heavy atom. The van der Waals surface area contributed by atoms with Gasteiger partial charge in [-0.25, -0.2) is 9.07 Å². The summed E-state index contributed by atoms with van der Waals surface area (Å²) in [6, 6.07) is 5.63. The number of anilines is 1. The molecule has 2 N–H and O–H groups in total. The van der Waals surface area contributed by atoms with Crippen LogP contribution in [0.15, 0.2) is 24.3 Å². The maximum absolute atomic E-state index is 13.2. The molecule has 0 saturated heterocycles. The van der Waals surface area contributed by atoms with Crippen molar-refractivity contribution in [2.45, 2.75) is 18.4 Å². The highest BCUT2D eigenvalue weighted by Crippen LogP contribution is 2.36. The topological polar surface area (TPSA) is 102 Å². The van der Waals surface area contributed by atoms with Crippen LogP contribution in [0.25, 0.3) is 5.69 Å². The summed E-state index contributed by atoms with van der Waals surface area (Å²) < 4.78 is 19.4. The zero-order chi connectivity index (χ0) is 19.4. The second-order valence-electron chi connectivity index (χ2n) is 5.60. The lowest BCUT2D eigenvalue weighted by Crippen LogP contribution is -2.39. The predicted molar refractivity (Wildman–Crippen MR) is 96.8 cm³/mol. The number of hydrogen-bond acceptors (Lipinski definition) is 6. The van der Waals surface area contributed by atoms with Gasteiger partial charge in [-0.2, -0.15) is 16.9 Å². The molecule has 0 bridgehead atoms. The van der Waals surface area contributed by atoms with Crippen LogP contribution in [0.2, 0.25) is 0 Å². The standard InChI is InChI=1S/C17H17FN4O4S/c1-2-26-14(23)7-19-16(24)17(25)20-15-12-8-27-9-13(12)21-22(15)11-5-3-10(18)4-6-11/h3-6H,2,7-9H2,1H3,(H,19,24)(H,20,25). The molecule has 0 fully saturated rings. The Bertz CT molecular complexity index is 882. The number of aromatic nitrogens is 2. The lowest BCUT2D eigenvalue weighted by atomic mass is 10.2. The number of fused-ring (bicyclic) bond motifs is 1. The fraction of sp³-hybridized carbons (Fsp3) is 0.294. The highest BCUT2D eigenvalue weighted by atomic mass is 32.2. The van der Waals surface area contributed by atoms with E-state index in [1.54, 1.807) is 18.7 Å². The maximum atomic E-state index is 13.2. The molecule has 2 aromatic rings. The van der Waals surface area contributed by atoms with Crippen LogP contribution in [0.1, 0.15) is 18.2 Å². The molecule has 0 atom stereocenters. The number of nitrogens with one attached hydrogen (secondary N) is 2. The Balaban J connectivity index is 1.77. The second kappa shape index (κ2) is 8.21. The van der Waals surface area contributed by atoms with Crippen molar-refractivity contribution in [3.63, 3.8) is 0 Å². The van der Waals surface area contributed by atoms with E-state index in [0.29, 0.717) is 23.0 Å². The first-order valence-corrected chi connectivity index (χ1v) is 9.34. The van der Waals surface area contributed by atoms with Gasteiger partial charge < -0.3 is 15.4 Å². The molecule has 1 aromatic heterocycles. The molecular weight excluding hydrogens is 375 g/mol. The van der Waals surface area contributed by atoms with Crippen LogP contribution in [0.4, 0.5) is 10.2 Å². The second-order valence-corrected chi connectivity index (χ2v) is 6.58. The van der Waals surface area contributed by atoms with E-state index in [1.165, 1.54) is 28.9 Å². The summed E-state index contributed by atoms with van der Waals surface area (Å²) in [5, 5.41) is 9.21. The number of benzene rings is 1. The number of esters is 1. The minimum Gasteiger partial charge on any atom is -0.465 e. The van der Waals surface area contributed by atoms with Crippen molar-refractivity contribution < 1.29 is 23.5 Å². The average molecular weight is 392 g/mol. The molecule has 2 amide bonds. The minimum atomic E-state index is -0.964. The zero-order valence-electron chi connectivity index (χ0n) is 14.5. The molecule has 8 nitrogen and oxygen atoms in total. The summed E-state index contributed by atoms with van der Waals surface area (Å²) in [4.78, 5) is 35.5. The van der Waals surface area contributed by atoms with Gasteiger partial charge in [-0.05, 0) is 31.2 Å². The lowest BCUT2D eigenvalue weighted by Gasteiger charge is -2.11. The maximum Gasteiger partial charge on any atom is 0.325 e. The van der Waals surface area contributed by atoms with Crippen molar-refractivity contribution in [1.29, 1.82) is 0 Å². The number of halogens is 1. The molecule has 0 saturated carbocycles. The van der Waals surface area contributed by atoms with Gasteiger partial charge in [0.1, 0.15) is 18.2 Å². The Labute approximate surface area is 158 Å². The summed E-state index contributed by atoms with van der Waals surface area (Å²) in [6.45, 7) is 1.43. The number of carbonyl (C=O) groups is 3. The number of carbonyl (C=O) groups excluding carboxylic acids is 3. The fourth-order valence-electron chi connectivity index (χ4n) is 2.52. The fourth-order valence-corrected chi connectivity index (χ4v) is 3.55. The molecule has 3 rings (SSSR count). The highest BCUT2D eigenvalue weighted by Gasteiger charge is 2.26. The quantitative estimate of drug-likeness (QED) is 0.589. The van der Waals surface area contributed by atoms with Crippen LogP contribution in [-0.2, 0) is 30.6 Å². The van der Waals surface area contributed by atoms with Crippen LogP contribution in [-0.4, -0.2) is 40.7 Å². The van der Waals surface area contributed by atoms with E-state index < -0.39 is 30.1 Å². The first-order chi connectivity index (χ1) is 13.0. The summed E-state index contributed by atoms with van der Waals surface area (Å²) in [5.74, 6) is -1.24. The van der Waals surface area contributed by atoms with Gasteiger partial charge in [0.15, 0.2) is 0 Å². The molecule has 0 aliphatic carbocycles. The zero-order valence-corrected chi connectivity index (χ0v) is 15.3. The van der Waals surface area contributed by atoms with Crippen LogP contribution in [0.5, 0.6) is 0 Å². The van der Waals surface area contributed by atoms with Crippen molar-refractivity contribution in [2.24, 2.45) is 0 Å². The smallest absolute Gasteiger partial charge is 0.325 e. The van der Waals surface area contributed by atoms with Crippen molar-refractivity contribution in [2.75, 3.05) is 18.5 Å². The number of nitrogens with zero attached hydrogens (tertiary/aromatic N) is 2. The normalized spacial score (nSPS) is 12.4. The highest BCUT2D eigenvalue weighted by molar-refractivity contribution is 7.98. The lowest BCUT2D eigenvalue weighted by molar-refractivity contribution is -0.144. The first kappa shape index (κ1) is 18.9. The Morgan fingerprint density at radius 1 is 1.22 bits per heavy atom. The Kier molecular flexibility index (Phi) is 5.75. The third-order valence-electron chi connectivity index (χ3n) is 3.76. The number of amides is 2. The van der Waals surface area contributed by atoms with Crippen molar-refractivity contribution >= 4 is 35.4 Å². The monoisotopic (exact) mass is 392 g/mol. The molecular formula is C17H17FN4O4S. The van der Waals surface area contributed by atoms with Gasteiger partial charge in [0.05, 0.1) is 18.0 Å². The Morgan fingerprint density at radius 3 is 2.67 bits per heavy atom. The van der Waals surface area contributed by atoms with Crippen LogP contribution < -0.4 is 10.6 Å². The molecule has 1 aromatic carbocycles. The Hall–Kier alpha value is -2.88. The van der Waals surface area contributed by atoms with E-state index in [9.17, 15) is 18.8 Å². The summed E-state index contributed by atoms with van der Waals surface area (Å²) >= 11 is 1.64. The van der Waals surface area contributed by atoms with Crippen molar-refractivity contribution in [3.8, 4) is 5.69 Å². The van der Waals surface area contributed by atoms with Gasteiger partial charge in [0, 0.05) is 17.1 Å². The van der Waals surface area contributed by atoms with Crippen molar-refractivity contribution in [1.82, 2.24) is 15.1 Å². The molecule has 0 spiro atoms. The minimum absolute atomic E-state index is 0.182. The molecule has 0 unspecified atom stereocenters. The third kappa shape index (κ3) is 4.27. The number of hydrogen-bond donors (Lipinski definition) is 2. The van der Waals surface area contributed by atoms with E-state index in [-0.39, 0.29) is 6.61 Å². The number of thioether (sulfide) groups is 1. The van der Waals surface area contributed by atoms with Gasteiger partial charge in [-0.15, -0.1) is 0 Å². The van der Waals surface area contributed by atoms with Crippen LogP contribution in [0.3, 0.4) is 0 Å². The SMILES string of the molecule is CCOC(=O)CNC(=O)C(=O)Nc1c2c(nn1-c1ccc(F)cc1)CSC2. The molecule has 27 heavy (non-hydrogen) atoms. The summed E-state index contributed by atoms with van der Waals surface area (Å²) in [5.41, 5.74) is 2.17. The molecule has 0 radical (unpaired) electrons. The third-order valence-corrected chi connectivity index (χ3v) is 4.73. The van der Waals surface area contributed by atoms with Gasteiger partial charge in [0.2, 0.25) is 0 Å². The van der Waals surface area contributed by atoms with E-state index in [2.05, 4.69) is 15.7 Å². The summed E-state index contributed by atoms with van der Waals surface area (Å²) in [7, 11) is 0. The predicted octanol–water partition coefficient (Wildman–Crippen LogP) is 1.38. The molecule has 1 aliphatic rings. The van der Waals surface area contributed by atoms with Gasteiger partial charge >= 0.3 is 17.8 Å². The first-order valence-electron chi connectivity index (χ1n) is 8.19. The molecule has 2 heterocycles. The number of rotatable bonds is 5. The van der Waals surface area contributed by atoms with Crippen LogP contribution in [0, 0.1) is 5.82 Å². The van der Waals surface area contributed by atoms with E-state index in [4.69, 9.17) is 4.74 Å². The molecule has 10 heteroatoms. The van der Waals surface area contributed by atoms with Crippen LogP contribution >= 0.6 is 11.8 Å². The van der Waals surface area contributed by atoms with E-state index >= 15 is 0 Å². The van der Waals surface area contributed by atoms with Gasteiger partial charge in [-0.1, -0.05) is 0 Å². The average Bonchev–Trinajstić information content (AvgIpc) is 3.23. The van der Waals surface area contributed by atoms with Gasteiger partial charge in [0.25, 0.3) is 0 Å².